The second kappa shape index (κ2) is 7.14. The summed E-state index contributed by atoms with van der Waals surface area (Å²) in [7, 11) is 0. The number of rotatable bonds is 4. The zero-order chi connectivity index (χ0) is 17.2. The quantitative estimate of drug-likeness (QED) is 0.930. The molecule has 0 amide bonds. The lowest BCUT2D eigenvalue weighted by Gasteiger charge is -2.26. The Morgan fingerprint density at radius 3 is 2.76 bits per heavy atom. The number of fused-ring (bicyclic) bond motifs is 1. The van der Waals surface area contributed by atoms with E-state index in [-0.39, 0.29) is 6.10 Å². The van der Waals surface area contributed by atoms with Gasteiger partial charge < -0.3 is 10.5 Å². The number of aryl methyl sites for hydroxylation is 1. The molecule has 0 spiro atoms. The molecule has 25 heavy (non-hydrogen) atoms. The maximum atomic E-state index is 6.08. The first-order valence-electron chi connectivity index (χ1n) is 9.41. The minimum Gasteiger partial charge on any atom is -0.488 e. The lowest BCUT2D eigenvalue weighted by Crippen LogP contribution is -2.29. The summed E-state index contributed by atoms with van der Waals surface area (Å²) in [5.41, 5.74) is 11.7. The normalized spacial score (nSPS) is 20.3. The molecule has 0 unspecified atom stereocenters. The minimum absolute atomic E-state index is 0.0916. The Balaban J connectivity index is 1.56. The number of pyridine rings is 1. The second-order valence-electron chi connectivity index (χ2n) is 7.37. The number of hydrogen-bond donors (Lipinski definition) is 1. The van der Waals surface area contributed by atoms with Crippen LogP contribution < -0.4 is 10.5 Å². The van der Waals surface area contributed by atoms with E-state index in [1.165, 1.54) is 49.0 Å². The molecule has 4 nitrogen and oxygen atoms in total. The zero-order valence-electron chi connectivity index (χ0n) is 15.0. The predicted molar refractivity (Wildman–Crippen MR) is 101 cm³/mol. The van der Waals surface area contributed by atoms with Crippen molar-refractivity contribution in [1.82, 2.24) is 9.88 Å². The number of piperidine rings is 1. The topological polar surface area (TPSA) is 51.4 Å². The summed E-state index contributed by atoms with van der Waals surface area (Å²) in [4.78, 5) is 7.27. The van der Waals surface area contributed by atoms with Crippen LogP contribution in [0.4, 0.5) is 0 Å². The van der Waals surface area contributed by atoms with Crippen molar-refractivity contribution in [1.29, 1.82) is 0 Å². The van der Waals surface area contributed by atoms with Crippen molar-refractivity contribution in [3.05, 3.63) is 47.2 Å². The Morgan fingerprint density at radius 2 is 2.04 bits per heavy atom. The first-order chi connectivity index (χ1) is 12.2. The maximum Gasteiger partial charge on any atom is 0.132 e. The molecule has 0 bridgehead atoms. The summed E-state index contributed by atoms with van der Waals surface area (Å²) in [5.74, 6) is 0.970. The Labute approximate surface area is 150 Å². The fourth-order valence-electron chi connectivity index (χ4n) is 3.97. The number of nitrogens with zero attached hydrogens (tertiary/aromatic N) is 2. The smallest absolute Gasteiger partial charge is 0.132 e. The molecule has 132 valence electrons. The van der Waals surface area contributed by atoms with Crippen LogP contribution in [-0.4, -0.2) is 35.6 Å². The van der Waals surface area contributed by atoms with Crippen LogP contribution in [0.5, 0.6) is 5.75 Å². The van der Waals surface area contributed by atoms with Gasteiger partial charge in [0.1, 0.15) is 11.9 Å². The van der Waals surface area contributed by atoms with Crippen molar-refractivity contribution >= 4 is 0 Å². The molecule has 2 aliphatic rings. The van der Waals surface area contributed by atoms with Gasteiger partial charge in [0.25, 0.3) is 0 Å². The van der Waals surface area contributed by atoms with Crippen LogP contribution in [0, 0.1) is 6.92 Å². The number of hydrogen-bond acceptors (Lipinski definition) is 4. The zero-order valence-corrected chi connectivity index (χ0v) is 15.0. The fraction of sp³-hybridized carbons (Fsp3) is 0.476. The molecule has 1 atom stereocenters. The van der Waals surface area contributed by atoms with Crippen LogP contribution in [0.25, 0.3) is 11.3 Å². The first kappa shape index (κ1) is 16.6. The summed E-state index contributed by atoms with van der Waals surface area (Å²) in [5, 5.41) is 0. The van der Waals surface area contributed by atoms with Gasteiger partial charge in [-0.25, -0.2) is 0 Å². The van der Waals surface area contributed by atoms with Crippen LogP contribution in [-0.2, 0) is 13.0 Å². The maximum absolute atomic E-state index is 6.08. The number of aromatic nitrogens is 1. The molecule has 1 aromatic heterocycles. The van der Waals surface area contributed by atoms with Gasteiger partial charge >= 0.3 is 0 Å². The molecule has 3 heterocycles. The van der Waals surface area contributed by atoms with Gasteiger partial charge in [-0.1, -0.05) is 18.6 Å². The van der Waals surface area contributed by atoms with E-state index in [4.69, 9.17) is 15.5 Å². The van der Waals surface area contributed by atoms with Crippen molar-refractivity contribution < 1.29 is 4.74 Å². The molecule has 4 rings (SSSR count). The van der Waals surface area contributed by atoms with Gasteiger partial charge in [0.15, 0.2) is 0 Å². The molecule has 4 heteroatoms. The molecule has 2 aliphatic heterocycles. The third-order valence-corrected chi connectivity index (χ3v) is 5.26. The second-order valence-corrected chi connectivity index (χ2v) is 7.37. The Kier molecular flexibility index (Phi) is 4.73. The van der Waals surface area contributed by atoms with Crippen LogP contribution in [0.3, 0.4) is 0 Å². The third-order valence-electron chi connectivity index (χ3n) is 5.26. The fourth-order valence-corrected chi connectivity index (χ4v) is 3.97. The van der Waals surface area contributed by atoms with Crippen LogP contribution in [0.1, 0.15) is 36.0 Å². The van der Waals surface area contributed by atoms with Gasteiger partial charge in [0, 0.05) is 31.3 Å². The van der Waals surface area contributed by atoms with Crippen molar-refractivity contribution in [2.24, 2.45) is 5.73 Å². The SMILES string of the molecule is Cc1cc2c(c(-c3ccc(CN4CCCCC4)cn3)c1)O[C@H](CN)C2. The largest absolute Gasteiger partial charge is 0.488 e. The summed E-state index contributed by atoms with van der Waals surface area (Å²) in [6.07, 6.45) is 7.02. The van der Waals surface area contributed by atoms with Gasteiger partial charge in [-0.15, -0.1) is 0 Å². The molecule has 2 N–H and O–H groups in total. The van der Waals surface area contributed by atoms with Crippen LogP contribution >= 0.6 is 0 Å². The molecule has 2 aromatic rings. The molecule has 1 fully saturated rings. The number of ether oxygens (including phenoxy) is 1. The summed E-state index contributed by atoms with van der Waals surface area (Å²) in [6.45, 7) is 6.10. The van der Waals surface area contributed by atoms with Gasteiger partial charge in [-0.05, 0) is 61.7 Å². The van der Waals surface area contributed by atoms with Gasteiger partial charge in [0.05, 0.1) is 5.69 Å². The highest BCUT2D eigenvalue weighted by molar-refractivity contribution is 5.71. The van der Waals surface area contributed by atoms with E-state index in [1.54, 1.807) is 0 Å². The molecule has 0 aliphatic carbocycles. The number of likely N-dealkylation sites (tertiary alicyclic amines) is 1. The van der Waals surface area contributed by atoms with E-state index in [9.17, 15) is 0 Å². The summed E-state index contributed by atoms with van der Waals surface area (Å²) in [6, 6.07) is 8.72. The van der Waals surface area contributed by atoms with Crippen molar-refractivity contribution in [2.75, 3.05) is 19.6 Å². The molecular weight excluding hydrogens is 310 g/mol. The average molecular weight is 337 g/mol. The van der Waals surface area contributed by atoms with Gasteiger partial charge in [-0.2, -0.15) is 0 Å². The van der Waals surface area contributed by atoms with Crippen LogP contribution in [0.2, 0.25) is 0 Å². The highest BCUT2D eigenvalue weighted by Gasteiger charge is 2.25. The van der Waals surface area contributed by atoms with Crippen molar-refractivity contribution in [2.45, 2.75) is 45.3 Å². The van der Waals surface area contributed by atoms with Crippen molar-refractivity contribution in [3.8, 4) is 17.0 Å². The molecule has 1 aromatic carbocycles. The van der Waals surface area contributed by atoms with Crippen LogP contribution in [0.15, 0.2) is 30.5 Å². The summed E-state index contributed by atoms with van der Waals surface area (Å²) >= 11 is 0. The number of benzene rings is 1. The molecular formula is C21H27N3O. The molecule has 1 saturated heterocycles. The lowest BCUT2D eigenvalue weighted by molar-refractivity contribution is 0.220. The van der Waals surface area contributed by atoms with E-state index in [2.05, 4.69) is 36.1 Å². The Morgan fingerprint density at radius 1 is 1.20 bits per heavy atom. The van der Waals surface area contributed by atoms with Gasteiger partial charge in [-0.3, -0.25) is 9.88 Å². The minimum atomic E-state index is 0.0916. The van der Waals surface area contributed by atoms with E-state index in [1.807, 2.05) is 6.20 Å². The number of nitrogens with two attached hydrogens (primary N) is 1. The van der Waals surface area contributed by atoms with Gasteiger partial charge in [0.2, 0.25) is 0 Å². The molecule has 0 saturated carbocycles. The van der Waals surface area contributed by atoms with E-state index >= 15 is 0 Å². The monoisotopic (exact) mass is 337 g/mol. The summed E-state index contributed by atoms with van der Waals surface area (Å²) < 4.78 is 6.08. The van der Waals surface area contributed by atoms with E-state index in [0.717, 1.165) is 30.0 Å². The molecule has 0 radical (unpaired) electrons. The average Bonchev–Trinajstić information content (AvgIpc) is 3.05. The third kappa shape index (κ3) is 3.55. The van der Waals surface area contributed by atoms with Crippen molar-refractivity contribution in [3.63, 3.8) is 0 Å². The predicted octanol–water partition coefficient (Wildman–Crippen LogP) is 3.31. The first-order valence-corrected chi connectivity index (χ1v) is 9.41. The Bertz CT molecular complexity index is 736. The standard InChI is InChI=1S/C21H27N3O/c1-15-9-17-11-18(12-22)25-21(17)19(10-15)20-6-5-16(13-23-20)14-24-7-3-2-4-8-24/h5-6,9-10,13,18H,2-4,7-8,11-12,14,22H2,1H3/t18-/m0/s1. The highest BCUT2D eigenvalue weighted by Crippen LogP contribution is 2.39. The Hall–Kier alpha value is -1.91. The lowest BCUT2D eigenvalue weighted by atomic mass is 10.0. The van der Waals surface area contributed by atoms with E-state index < -0.39 is 0 Å². The van der Waals surface area contributed by atoms with E-state index in [0.29, 0.717) is 6.54 Å². The highest BCUT2D eigenvalue weighted by atomic mass is 16.5.